The lowest BCUT2D eigenvalue weighted by molar-refractivity contribution is -0.134. The first-order valence-electron chi connectivity index (χ1n) is 3.51. The zero-order chi connectivity index (χ0) is 10.5. The van der Waals surface area contributed by atoms with Gasteiger partial charge in [0, 0.05) is 6.42 Å². The molecular weight excluding hydrogens is 183 g/mol. The van der Waals surface area contributed by atoms with Crippen molar-refractivity contribution in [3.63, 3.8) is 0 Å². The van der Waals surface area contributed by atoms with Gasteiger partial charge in [-0.1, -0.05) is 6.58 Å². The normalized spacial score (nSPS) is 10.6. The number of carbonyl (C=O) groups excluding carboxylic acids is 1. The summed E-state index contributed by atoms with van der Waals surface area (Å²) in [5.74, 6) is -0.619. The molecule has 2 nitrogen and oxygen atoms in total. The summed E-state index contributed by atoms with van der Waals surface area (Å²) >= 11 is 0. The quantitative estimate of drug-likeness (QED) is 0.640. The molecule has 0 saturated heterocycles. The van der Waals surface area contributed by atoms with Gasteiger partial charge in [-0.2, -0.15) is 18.4 Å². The molecule has 0 amide bonds. The molecule has 0 aromatic rings. The zero-order valence-corrected chi connectivity index (χ0v) is 6.82. The predicted molar refractivity (Wildman–Crippen MR) is 39.7 cm³/mol. The fourth-order valence-electron chi connectivity index (χ4n) is 0.629. The van der Waals surface area contributed by atoms with Crippen LogP contribution in [0.3, 0.4) is 0 Å². The first-order chi connectivity index (χ1) is 5.87. The average Bonchev–Trinajstić information content (AvgIpc) is 1.99. The number of nitrogens with zero attached hydrogens (tertiary/aromatic N) is 1. The molecule has 0 unspecified atom stereocenters. The van der Waals surface area contributed by atoms with Crippen LogP contribution in [-0.4, -0.2) is 12.0 Å². The lowest BCUT2D eigenvalue weighted by atomic mass is 10.1. The molecule has 0 radical (unpaired) electrons. The van der Waals surface area contributed by atoms with Crippen LogP contribution in [0.2, 0.25) is 0 Å². The van der Waals surface area contributed by atoms with Gasteiger partial charge in [-0.05, 0) is 12.0 Å². The Balaban J connectivity index is 3.90. The highest BCUT2D eigenvalue weighted by Crippen LogP contribution is 2.23. The topological polar surface area (TPSA) is 40.9 Å². The fourth-order valence-corrected chi connectivity index (χ4v) is 0.629. The predicted octanol–water partition coefficient (Wildman–Crippen LogP) is 2.37. The SMILES string of the molecule is C=C(CCC(F)(F)F)C(=O)CC#N. The van der Waals surface area contributed by atoms with Crippen LogP contribution in [0.15, 0.2) is 12.2 Å². The van der Waals surface area contributed by atoms with E-state index in [0.717, 1.165) is 0 Å². The summed E-state index contributed by atoms with van der Waals surface area (Å²) < 4.78 is 34.9. The Morgan fingerprint density at radius 2 is 2.00 bits per heavy atom. The van der Waals surface area contributed by atoms with Crippen molar-refractivity contribution in [3.8, 4) is 6.07 Å². The van der Waals surface area contributed by atoms with Crippen LogP contribution in [0.1, 0.15) is 19.3 Å². The molecule has 0 heterocycles. The van der Waals surface area contributed by atoms with Gasteiger partial charge in [0.2, 0.25) is 0 Å². The van der Waals surface area contributed by atoms with E-state index in [9.17, 15) is 18.0 Å². The van der Waals surface area contributed by atoms with Gasteiger partial charge in [0.1, 0.15) is 0 Å². The molecule has 0 spiro atoms. The number of Topliss-reactive ketones (excluding diaryl/α,β-unsaturated/α-hetero) is 1. The van der Waals surface area contributed by atoms with Crippen molar-refractivity contribution >= 4 is 5.78 Å². The van der Waals surface area contributed by atoms with Crippen molar-refractivity contribution in [2.24, 2.45) is 0 Å². The Morgan fingerprint density at radius 3 is 2.38 bits per heavy atom. The molecular formula is C8H8F3NO. The lowest BCUT2D eigenvalue weighted by Gasteiger charge is -2.05. The zero-order valence-electron chi connectivity index (χ0n) is 6.82. The summed E-state index contributed by atoms with van der Waals surface area (Å²) in [5.41, 5.74) is -0.140. The van der Waals surface area contributed by atoms with Crippen LogP contribution < -0.4 is 0 Å². The van der Waals surface area contributed by atoms with Crippen molar-refractivity contribution in [2.75, 3.05) is 0 Å². The number of rotatable bonds is 4. The maximum atomic E-state index is 11.6. The van der Waals surface area contributed by atoms with Crippen molar-refractivity contribution in [2.45, 2.75) is 25.4 Å². The third-order valence-electron chi connectivity index (χ3n) is 1.34. The minimum absolute atomic E-state index is 0.140. The van der Waals surface area contributed by atoms with E-state index in [0.29, 0.717) is 0 Å². The molecule has 0 aromatic carbocycles. The molecule has 0 aromatic heterocycles. The monoisotopic (exact) mass is 191 g/mol. The van der Waals surface area contributed by atoms with Gasteiger partial charge >= 0.3 is 6.18 Å². The second kappa shape index (κ2) is 4.65. The van der Waals surface area contributed by atoms with E-state index in [-0.39, 0.29) is 5.57 Å². The van der Waals surface area contributed by atoms with Crippen LogP contribution >= 0.6 is 0 Å². The fraction of sp³-hybridized carbons (Fsp3) is 0.500. The Kier molecular flexibility index (Phi) is 4.18. The minimum atomic E-state index is -4.28. The van der Waals surface area contributed by atoms with Crippen molar-refractivity contribution in [1.82, 2.24) is 0 Å². The van der Waals surface area contributed by atoms with Gasteiger partial charge in [-0.3, -0.25) is 4.79 Å². The summed E-state index contributed by atoms with van der Waals surface area (Å²) in [7, 11) is 0. The second-order valence-corrected chi connectivity index (χ2v) is 2.48. The number of hydrogen-bond acceptors (Lipinski definition) is 2. The smallest absolute Gasteiger partial charge is 0.293 e. The molecule has 0 N–H and O–H groups in total. The molecule has 0 aliphatic rings. The number of alkyl halides is 3. The third-order valence-corrected chi connectivity index (χ3v) is 1.34. The molecule has 0 aliphatic carbocycles. The van der Waals surface area contributed by atoms with Crippen LogP contribution in [0.25, 0.3) is 0 Å². The van der Waals surface area contributed by atoms with Gasteiger partial charge in [-0.25, -0.2) is 0 Å². The van der Waals surface area contributed by atoms with Gasteiger partial charge in [0.15, 0.2) is 5.78 Å². The van der Waals surface area contributed by atoms with E-state index in [1.165, 1.54) is 0 Å². The second-order valence-electron chi connectivity index (χ2n) is 2.48. The largest absolute Gasteiger partial charge is 0.389 e. The molecule has 13 heavy (non-hydrogen) atoms. The molecule has 0 rings (SSSR count). The van der Waals surface area contributed by atoms with Crippen LogP contribution in [0, 0.1) is 11.3 Å². The van der Waals surface area contributed by atoms with Gasteiger partial charge in [0.05, 0.1) is 12.5 Å². The van der Waals surface area contributed by atoms with Crippen molar-refractivity contribution < 1.29 is 18.0 Å². The standard InChI is InChI=1S/C8H8F3NO/c1-6(7(13)3-5-12)2-4-8(9,10)11/h1-4H2. The number of allylic oxidation sites excluding steroid dienone is 1. The molecule has 0 atom stereocenters. The number of hydrogen-bond donors (Lipinski definition) is 0. The molecule has 72 valence electrons. The molecule has 0 fully saturated rings. The maximum Gasteiger partial charge on any atom is 0.389 e. The molecule has 0 aliphatic heterocycles. The molecule has 5 heteroatoms. The first-order valence-corrected chi connectivity index (χ1v) is 3.51. The van der Waals surface area contributed by atoms with E-state index in [1.807, 2.05) is 0 Å². The van der Waals surface area contributed by atoms with E-state index >= 15 is 0 Å². The number of nitriles is 1. The van der Waals surface area contributed by atoms with Crippen molar-refractivity contribution in [1.29, 1.82) is 5.26 Å². The van der Waals surface area contributed by atoms with E-state index in [1.54, 1.807) is 6.07 Å². The summed E-state index contributed by atoms with van der Waals surface area (Å²) in [5, 5.41) is 8.08. The number of carbonyl (C=O) groups is 1. The number of ketones is 1. The lowest BCUT2D eigenvalue weighted by Crippen LogP contribution is -2.09. The molecule has 0 saturated carbocycles. The van der Waals surface area contributed by atoms with Crippen LogP contribution in [0.4, 0.5) is 13.2 Å². The summed E-state index contributed by atoms with van der Waals surface area (Å²) in [4.78, 5) is 10.8. The maximum absolute atomic E-state index is 11.6. The number of halogens is 3. The first kappa shape index (κ1) is 11.7. The highest BCUT2D eigenvalue weighted by Gasteiger charge is 2.27. The molecule has 0 bridgehead atoms. The minimum Gasteiger partial charge on any atom is -0.293 e. The summed E-state index contributed by atoms with van der Waals surface area (Å²) in [6.45, 7) is 3.18. The van der Waals surface area contributed by atoms with Gasteiger partial charge in [-0.15, -0.1) is 0 Å². The van der Waals surface area contributed by atoms with Gasteiger partial charge < -0.3 is 0 Å². The Labute approximate surface area is 73.7 Å². The van der Waals surface area contributed by atoms with E-state index in [2.05, 4.69) is 6.58 Å². The van der Waals surface area contributed by atoms with Crippen LogP contribution in [0.5, 0.6) is 0 Å². The highest BCUT2D eigenvalue weighted by atomic mass is 19.4. The highest BCUT2D eigenvalue weighted by molar-refractivity contribution is 5.95. The third kappa shape index (κ3) is 5.91. The average molecular weight is 191 g/mol. The summed E-state index contributed by atoms with van der Waals surface area (Å²) in [6, 6.07) is 1.55. The van der Waals surface area contributed by atoms with E-state index in [4.69, 9.17) is 5.26 Å². The van der Waals surface area contributed by atoms with Crippen molar-refractivity contribution in [3.05, 3.63) is 12.2 Å². The van der Waals surface area contributed by atoms with Crippen LogP contribution in [-0.2, 0) is 4.79 Å². The Bertz CT molecular complexity index is 249. The Morgan fingerprint density at radius 1 is 1.46 bits per heavy atom. The Hall–Kier alpha value is -1.31. The summed E-state index contributed by atoms with van der Waals surface area (Å²) in [6.07, 6.45) is -6.18. The van der Waals surface area contributed by atoms with Gasteiger partial charge in [0.25, 0.3) is 0 Å². The van der Waals surface area contributed by atoms with E-state index < -0.39 is 31.2 Å².